The number of phosphoric ester groups is 1. The Hall–Kier alpha value is -1.41. The molecule has 0 bridgehead atoms. The predicted octanol–water partition coefficient (Wildman–Crippen LogP) is 11.8. The Kier molecular flexibility index (Phi) is 40.3. The molecule has 390 valence electrons. The van der Waals surface area contributed by atoms with Crippen LogP contribution in [0, 0.1) is 0 Å². The molecule has 8 atom stereocenters. The van der Waals surface area contributed by atoms with Crippen molar-refractivity contribution in [3.8, 4) is 0 Å². The number of carbonyl (C=O) groups excluding carboxylic acids is 2. The summed E-state index contributed by atoms with van der Waals surface area (Å²) in [6, 6.07) is 0. The largest absolute Gasteiger partial charge is 0.472 e. The topological polar surface area (TPSA) is 210 Å². The zero-order chi connectivity index (χ0) is 48.5. The van der Waals surface area contributed by atoms with Gasteiger partial charge in [-0.25, -0.2) is 4.57 Å². The Labute approximate surface area is 401 Å². The molecule has 66 heavy (non-hydrogen) atoms. The van der Waals surface area contributed by atoms with Crippen molar-refractivity contribution in [1.82, 2.24) is 0 Å². The molecule has 0 amide bonds. The molecule has 1 rings (SSSR count). The van der Waals surface area contributed by atoms with Crippen LogP contribution in [0.3, 0.4) is 0 Å². The van der Waals surface area contributed by atoms with Crippen LogP contribution < -0.4 is 0 Å². The molecule has 1 aliphatic rings. The molecule has 14 heteroatoms. The van der Waals surface area contributed by atoms with Crippen LogP contribution in [0.1, 0.15) is 251 Å². The number of rotatable bonds is 46. The highest BCUT2D eigenvalue weighted by molar-refractivity contribution is 7.47. The molecule has 0 aromatic heterocycles. The number of unbranched alkanes of at least 4 members (excludes halogenated alkanes) is 32. The Balaban J connectivity index is 2.36. The highest BCUT2D eigenvalue weighted by atomic mass is 31.2. The second-order valence-electron chi connectivity index (χ2n) is 19.1. The lowest BCUT2D eigenvalue weighted by Gasteiger charge is -2.41. The minimum absolute atomic E-state index is 0.0886. The van der Waals surface area contributed by atoms with Gasteiger partial charge < -0.3 is 39.9 Å². The van der Waals surface area contributed by atoms with Crippen LogP contribution in [-0.2, 0) is 32.7 Å². The van der Waals surface area contributed by atoms with Gasteiger partial charge in [-0.1, -0.05) is 225 Å². The van der Waals surface area contributed by atoms with Gasteiger partial charge in [-0.05, 0) is 25.7 Å². The number of allylic oxidation sites excluding steroid dienone is 2. The third-order valence-electron chi connectivity index (χ3n) is 12.9. The lowest BCUT2D eigenvalue weighted by molar-refractivity contribution is -0.220. The molecule has 1 aliphatic carbocycles. The van der Waals surface area contributed by atoms with E-state index in [0.29, 0.717) is 12.8 Å². The minimum Gasteiger partial charge on any atom is -0.462 e. The van der Waals surface area contributed by atoms with E-state index in [-0.39, 0.29) is 12.8 Å². The molecule has 1 saturated carbocycles. The van der Waals surface area contributed by atoms with Crippen molar-refractivity contribution in [3.63, 3.8) is 0 Å². The van der Waals surface area contributed by atoms with E-state index >= 15 is 0 Å². The van der Waals surface area contributed by atoms with Gasteiger partial charge in [0, 0.05) is 12.8 Å². The number of carbonyl (C=O) groups is 2. The van der Waals surface area contributed by atoms with Crippen molar-refractivity contribution in [3.05, 3.63) is 12.2 Å². The first-order valence-electron chi connectivity index (χ1n) is 27.0. The summed E-state index contributed by atoms with van der Waals surface area (Å²) in [4.78, 5) is 35.8. The maximum atomic E-state index is 12.9. The van der Waals surface area contributed by atoms with Crippen molar-refractivity contribution in [2.45, 2.75) is 294 Å². The fraction of sp³-hybridized carbons (Fsp3) is 0.923. The lowest BCUT2D eigenvalue weighted by atomic mass is 9.85. The van der Waals surface area contributed by atoms with Gasteiger partial charge in [-0.15, -0.1) is 0 Å². The number of hydrogen-bond acceptors (Lipinski definition) is 12. The summed E-state index contributed by atoms with van der Waals surface area (Å²) in [5, 5.41) is 50.3. The Bertz CT molecular complexity index is 1200. The van der Waals surface area contributed by atoms with Gasteiger partial charge in [0.1, 0.15) is 43.2 Å². The second-order valence-corrected chi connectivity index (χ2v) is 20.5. The zero-order valence-corrected chi connectivity index (χ0v) is 42.7. The number of aliphatic hydroxyl groups is 5. The standard InChI is InChI=1S/C52H99O13P/c1-3-5-7-9-11-13-15-17-19-20-21-22-23-24-25-27-29-31-33-35-37-39-41-46(54)64-44(43-63-66(60,61)65-52-50(58)48(56)47(55)49(57)51(52)59)42-62-45(53)40-38-36-34-32-30-28-26-18-16-14-12-10-8-6-4-2/h34,36,44,47-52,55-59H,3-33,35,37-43H2,1-2H3,(H,60,61)/b36-34+/t44-,47?,48-,49?,50?,51?,52?/m1/s1. The van der Waals surface area contributed by atoms with E-state index in [0.717, 1.165) is 32.1 Å². The van der Waals surface area contributed by atoms with Gasteiger partial charge >= 0.3 is 19.8 Å². The molecular formula is C52H99O13P. The van der Waals surface area contributed by atoms with Gasteiger partial charge in [-0.2, -0.15) is 0 Å². The molecule has 0 aliphatic heterocycles. The molecule has 13 nitrogen and oxygen atoms in total. The predicted molar refractivity (Wildman–Crippen MR) is 263 cm³/mol. The Morgan fingerprint density at radius 3 is 1.21 bits per heavy atom. The van der Waals surface area contributed by atoms with Gasteiger partial charge in [0.05, 0.1) is 6.61 Å². The van der Waals surface area contributed by atoms with Crippen LogP contribution >= 0.6 is 7.82 Å². The molecule has 0 radical (unpaired) electrons. The smallest absolute Gasteiger partial charge is 0.462 e. The summed E-state index contributed by atoms with van der Waals surface area (Å²) < 4.78 is 33.6. The van der Waals surface area contributed by atoms with Gasteiger partial charge in [0.15, 0.2) is 6.10 Å². The molecule has 6 N–H and O–H groups in total. The Morgan fingerprint density at radius 1 is 0.455 bits per heavy atom. The summed E-state index contributed by atoms with van der Waals surface area (Å²) in [7, 11) is -5.12. The van der Waals surface area contributed by atoms with E-state index in [1.165, 1.54) is 180 Å². The Morgan fingerprint density at radius 2 is 0.803 bits per heavy atom. The zero-order valence-electron chi connectivity index (χ0n) is 41.8. The number of esters is 2. The van der Waals surface area contributed by atoms with Crippen LogP contribution in [0.15, 0.2) is 12.2 Å². The van der Waals surface area contributed by atoms with E-state index in [1.54, 1.807) is 0 Å². The second kappa shape index (κ2) is 42.5. The van der Waals surface area contributed by atoms with Crippen LogP contribution in [-0.4, -0.2) is 98.3 Å². The van der Waals surface area contributed by atoms with Gasteiger partial charge in [0.2, 0.25) is 0 Å². The average molecular weight is 963 g/mol. The van der Waals surface area contributed by atoms with E-state index in [2.05, 4.69) is 19.9 Å². The molecule has 0 heterocycles. The SMILES string of the molecule is CCCCCCCCCCCCC/C=C/CCC(=O)OC[C@H](COP(=O)(O)OC1C(O)C(O)C(O)[C@@H](O)C1O)OC(=O)CCCCCCCCCCCCCCCCCCCCCCCC. The molecule has 6 unspecified atom stereocenters. The summed E-state index contributed by atoms with van der Waals surface area (Å²) in [5.41, 5.74) is 0. The fourth-order valence-corrected chi connectivity index (χ4v) is 9.52. The molecule has 0 spiro atoms. The monoisotopic (exact) mass is 963 g/mol. The molecule has 0 aromatic rings. The third kappa shape index (κ3) is 34.0. The highest BCUT2D eigenvalue weighted by Crippen LogP contribution is 2.47. The molecule has 0 aromatic carbocycles. The van der Waals surface area contributed by atoms with Crippen LogP contribution in [0.2, 0.25) is 0 Å². The van der Waals surface area contributed by atoms with Gasteiger partial charge in [0.25, 0.3) is 0 Å². The lowest BCUT2D eigenvalue weighted by Crippen LogP contribution is -2.64. The van der Waals surface area contributed by atoms with Crippen LogP contribution in [0.25, 0.3) is 0 Å². The summed E-state index contributed by atoms with van der Waals surface area (Å²) in [6.45, 7) is 3.32. The normalized spacial score (nSPS) is 21.3. The summed E-state index contributed by atoms with van der Waals surface area (Å²) in [6.07, 6.45) is 34.2. The van der Waals surface area contributed by atoms with Crippen LogP contribution in [0.4, 0.5) is 0 Å². The maximum Gasteiger partial charge on any atom is 0.472 e. The van der Waals surface area contributed by atoms with Crippen molar-refractivity contribution in [1.29, 1.82) is 0 Å². The van der Waals surface area contributed by atoms with Crippen molar-refractivity contribution >= 4 is 19.8 Å². The van der Waals surface area contributed by atoms with E-state index in [9.17, 15) is 44.6 Å². The molecule has 0 saturated heterocycles. The number of phosphoric acid groups is 1. The first kappa shape index (κ1) is 62.6. The summed E-state index contributed by atoms with van der Waals surface area (Å²) in [5.74, 6) is -1.14. The van der Waals surface area contributed by atoms with Crippen molar-refractivity contribution < 1.29 is 63.1 Å². The average Bonchev–Trinajstić information content (AvgIpc) is 3.30. The summed E-state index contributed by atoms with van der Waals surface area (Å²) >= 11 is 0. The number of aliphatic hydroxyl groups excluding tert-OH is 5. The number of hydrogen-bond donors (Lipinski definition) is 6. The van der Waals surface area contributed by atoms with E-state index in [4.69, 9.17) is 18.5 Å². The third-order valence-corrected chi connectivity index (χ3v) is 13.9. The first-order chi connectivity index (χ1) is 31.9. The van der Waals surface area contributed by atoms with Crippen LogP contribution in [0.5, 0.6) is 0 Å². The van der Waals surface area contributed by atoms with Gasteiger partial charge in [-0.3, -0.25) is 18.6 Å². The first-order valence-corrected chi connectivity index (χ1v) is 28.5. The van der Waals surface area contributed by atoms with E-state index in [1.807, 2.05) is 6.08 Å². The van der Waals surface area contributed by atoms with Crippen molar-refractivity contribution in [2.75, 3.05) is 13.2 Å². The quantitative estimate of drug-likeness (QED) is 0.0145. The fourth-order valence-electron chi connectivity index (χ4n) is 8.54. The number of ether oxygens (including phenoxy) is 2. The minimum atomic E-state index is -5.12. The maximum absolute atomic E-state index is 12.9. The van der Waals surface area contributed by atoms with E-state index < -0.39 is 75.7 Å². The molecular weight excluding hydrogens is 864 g/mol. The molecule has 1 fully saturated rings. The highest BCUT2D eigenvalue weighted by Gasteiger charge is 2.51. The van der Waals surface area contributed by atoms with Crippen molar-refractivity contribution in [2.24, 2.45) is 0 Å².